The van der Waals surface area contributed by atoms with Gasteiger partial charge in [0.15, 0.2) is 11.5 Å². The molecule has 2 rings (SSSR count). The molecule has 1 aliphatic rings. The molecule has 1 heterocycles. The summed E-state index contributed by atoms with van der Waals surface area (Å²) in [5.41, 5.74) is 1.17. The van der Waals surface area contributed by atoms with E-state index in [9.17, 15) is 0 Å². The lowest BCUT2D eigenvalue weighted by Gasteiger charge is -2.19. The van der Waals surface area contributed by atoms with Crippen molar-refractivity contribution >= 4 is 0 Å². The van der Waals surface area contributed by atoms with Crippen molar-refractivity contribution in [1.29, 1.82) is 0 Å². The molecule has 0 radical (unpaired) electrons. The molecule has 0 saturated carbocycles. The highest BCUT2D eigenvalue weighted by Crippen LogP contribution is 2.30. The Hall–Kier alpha value is -1.26. The summed E-state index contributed by atoms with van der Waals surface area (Å²) in [5.74, 6) is 1.99. The summed E-state index contributed by atoms with van der Waals surface area (Å²) in [4.78, 5) is 0. The van der Waals surface area contributed by atoms with Gasteiger partial charge < -0.3 is 19.9 Å². The third kappa shape index (κ3) is 3.37. The van der Waals surface area contributed by atoms with Crippen LogP contribution in [0.2, 0.25) is 0 Å². The molecule has 4 nitrogen and oxygen atoms in total. The molecule has 1 aromatic rings. The number of rotatable bonds is 6. The van der Waals surface area contributed by atoms with E-state index in [4.69, 9.17) is 14.6 Å². The first-order chi connectivity index (χ1) is 8.83. The number of ether oxygens (including phenoxy) is 2. The minimum absolute atomic E-state index is 0.241. The van der Waals surface area contributed by atoms with Crippen LogP contribution in [0.3, 0.4) is 0 Å². The molecule has 1 atom stereocenters. The molecule has 0 saturated heterocycles. The van der Waals surface area contributed by atoms with Crippen LogP contribution in [0.15, 0.2) is 18.2 Å². The quantitative estimate of drug-likeness (QED) is 0.805. The lowest BCUT2D eigenvalue weighted by Crippen LogP contribution is -2.24. The zero-order valence-electron chi connectivity index (χ0n) is 10.8. The van der Waals surface area contributed by atoms with Crippen LogP contribution in [-0.4, -0.2) is 31.5 Å². The summed E-state index contributed by atoms with van der Waals surface area (Å²) in [5, 5.41) is 12.5. The highest BCUT2D eigenvalue weighted by atomic mass is 16.6. The number of nitrogens with one attached hydrogen (secondary N) is 1. The summed E-state index contributed by atoms with van der Waals surface area (Å²) in [6.07, 6.45) is 0.991. The summed E-state index contributed by atoms with van der Waals surface area (Å²) >= 11 is 0. The van der Waals surface area contributed by atoms with Crippen molar-refractivity contribution in [2.75, 3.05) is 26.4 Å². The smallest absolute Gasteiger partial charge is 0.161 e. The molecule has 0 aliphatic carbocycles. The Labute approximate surface area is 108 Å². The molecule has 4 heteroatoms. The molecule has 18 heavy (non-hydrogen) atoms. The summed E-state index contributed by atoms with van der Waals surface area (Å²) in [7, 11) is 0. The van der Waals surface area contributed by atoms with Crippen molar-refractivity contribution in [3.8, 4) is 11.5 Å². The number of benzene rings is 1. The lowest BCUT2D eigenvalue weighted by molar-refractivity contribution is 0.171. The van der Waals surface area contributed by atoms with E-state index in [1.807, 2.05) is 18.2 Å². The fourth-order valence-electron chi connectivity index (χ4n) is 1.96. The fraction of sp³-hybridized carbons (Fsp3) is 0.571. The van der Waals surface area contributed by atoms with E-state index >= 15 is 0 Å². The highest BCUT2D eigenvalue weighted by molar-refractivity contribution is 5.43. The first-order valence-corrected chi connectivity index (χ1v) is 6.53. The van der Waals surface area contributed by atoms with Crippen LogP contribution in [0.25, 0.3) is 0 Å². The fourth-order valence-corrected chi connectivity index (χ4v) is 1.96. The molecule has 0 aromatic heterocycles. The molecule has 0 bridgehead atoms. The molecule has 1 unspecified atom stereocenters. The van der Waals surface area contributed by atoms with Gasteiger partial charge in [-0.15, -0.1) is 0 Å². The van der Waals surface area contributed by atoms with Gasteiger partial charge in [0.2, 0.25) is 0 Å². The average Bonchev–Trinajstić information content (AvgIpc) is 2.43. The predicted octanol–water partition coefficient (Wildman–Crippen LogP) is 1.57. The van der Waals surface area contributed by atoms with Gasteiger partial charge in [0.25, 0.3) is 0 Å². The average molecular weight is 251 g/mol. The van der Waals surface area contributed by atoms with E-state index in [2.05, 4.69) is 12.2 Å². The number of aliphatic hydroxyl groups is 1. The lowest BCUT2D eigenvalue weighted by atomic mass is 10.1. The van der Waals surface area contributed by atoms with E-state index in [0.717, 1.165) is 31.0 Å². The standard InChI is InChI=1S/C14H21NO3/c1-2-11(10-16)8-15-9-12-3-4-13-14(7-12)18-6-5-17-13/h3-4,7,11,15-16H,2,5-6,8-10H2,1H3. The molecule has 2 N–H and O–H groups in total. The van der Waals surface area contributed by atoms with Gasteiger partial charge in [-0.2, -0.15) is 0 Å². The maximum Gasteiger partial charge on any atom is 0.161 e. The van der Waals surface area contributed by atoms with Crippen molar-refractivity contribution < 1.29 is 14.6 Å². The van der Waals surface area contributed by atoms with Gasteiger partial charge >= 0.3 is 0 Å². The van der Waals surface area contributed by atoms with E-state index in [1.165, 1.54) is 5.56 Å². The number of fused-ring (bicyclic) bond motifs is 1. The molecule has 0 amide bonds. The van der Waals surface area contributed by atoms with Crippen molar-refractivity contribution in [3.05, 3.63) is 23.8 Å². The maximum atomic E-state index is 9.10. The predicted molar refractivity (Wildman–Crippen MR) is 70.0 cm³/mol. The van der Waals surface area contributed by atoms with E-state index in [-0.39, 0.29) is 6.61 Å². The zero-order valence-corrected chi connectivity index (χ0v) is 10.8. The largest absolute Gasteiger partial charge is 0.486 e. The number of hydrogen-bond donors (Lipinski definition) is 2. The molecular weight excluding hydrogens is 230 g/mol. The van der Waals surface area contributed by atoms with Crippen LogP contribution in [0.5, 0.6) is 11.5 Å². The second kappa shape index (κ2) is 6.61. The molecule has 1 aromatic carbocycles. The second-order valence-corrected chi connectivity index (χ2v) is 4.57. The first-order valence-electron chi connectivity index (χ1n) is 6.53. The van der Waals surface area contributed by atoms with Gasteiger partial charge in [-0.25, -0.2) is 0 Å². The third-order valence-electron chi connectivity index (χ3n) is 3.20. The normalized spacial score (nSPS) is 15.4. The van der Waals surface area contributed by atoms with E-state index in [1.54, 1.807) is 0 Å². The second-order valence-electron chi connectivity index (χ2n) is 4.57. The summed E-state index contributed by atoms with van der Waals surface area (Å²) < 4.78 is 11.0. The molecule has 1 aliphatic heterocycles. The van der Waals surface area contributed by atoms with Gasteiger partial charge in [0.1, 0.15) is 13.2 Å². The molecule has 0 spiro atoms. The van der Waals surface area contributed by atoms with Crippen LogP contribution >= 0.6 is 0 Å². The van der Waals surface area contributed by atoms with Crippen LogP contribution in [0.4, 0.5) is 0 Å². The van der Waals surface area contributed by atoms with Gasteiger partial charge in [-0.05, 0) is 30.0 Å². The monoisotopic (exact) mass is 251 g/mol. The van der Waals surface area contributed by atoms with Crippen molar-refractivity contribution in [1.82, 2.24) is 5.32 Å². The Bertz CT molecular complexity index is 377. The van der Waals surface area contributed by atoms with Gasteiger partial charge in [0.05, 0.1) is 0 Å². The van der Waals surface area contributed by atoms with Crippen molar-refractivity contribution in [2.24, 2.45) is 5.92 Å². The maximum absolute atomic E-state index is 9.10. The van der Waals surface area contributed by atoms with Crippen LogP contribution in [0, 0.1) is 5.92 Å². The van der Waals surface area contributed by atoms with Gasteiger partial charge in [-0.3, -0.25) is 0 Å². The molecule has 100 valence electrons. The molecular formula is C14H21NO3. The van der Waals surface area contributed by atoms with Crippen molar-refractivity contribution in [2.45, 2.75) is 19.9 Å². The molecule has 0 fully saturated rings. The Morgan fingerprint density at radius 3 is 2.78 bits per heavy atom. The zero-order chi connectivity index (χ0) is 12.8. The minimum Gasteiger partial charge on any atom is -0.486 e. The van der Waals surface area contributed by atoms with E-state index < -0.39 is 0 Å². The third-order valence-corrected chi connectivity index (χ3v) is 3.20. The topological polar surface area (TPSA) is 50.7 Å². The highest BCUT2D eigenvalue weighted by Gasteiger charge is 2.11. The Morgan fingerprint density at radius 2 is 2.06 bits per heavy atom. The number of hydrogen-bond acceptors (Lipinski definition) is 4. The van der Waals surface area contributed by atoms with Crippen molar-refractivity contribution in [3.63, 3.8) is 0 Å². The van der Waals surface area contributed by atoms with Gasteiger partial charge in [0, 0.05) is 19.7 Å². The minimum atomic E-state index is 0.241. The Morgan fingerprint density at radius 1 is 1.28 bits per heavy atom. The van der Waals surface area contributed by atoms with Crippen LogP contribution < -0.4 is 14.8 Å². The number of aliphatic hydroxyl groups excluding tert-OH is 1. The first kappa shape index (κ1) is 13.2. The van der Waals surface area contributed by atoms with Gasteiger partial charge in [-0.1, -0.05) is 13.0 Å². The Kier molecular flexibility index (Phi) is 4.84. The van der Waals surface area contributed by atoms with E-state index in [0.29, 0.717) is 19.1 Å². The Balaban J connectivity index is 1.86. The summed E-state index contributed by atoms with van der Waals surface area (Å²) in [6.45, 7) is 5.19. The SMILES string of the molecule is CCC(CO)CNCc1ccc2c(c1)OCCO2. The summed E-state index contributed by atoms with van der Waals surface area (Å²) in [6, 6.07) is 6.01. The van der Waals surface area contributed by atoms with Crippen LogP contribution in [0.1, 0.15) is 18.9 Å². The van der Waals surface area contributed by atoms with Crippen LogP contribution in [-0.2, 0) is 6.54 Å².